The van der Waals surface area contributed by atoms with Crippen LogP contribution in [0.25, 0.3) is 0 Å². The van der Waals surface area contributed by atoms with Crippen LogP contribution in [0.2, 0.25) is 0 Å². The van der Waals surface area contributed by atoms with E-state index in [1.165, 1.54) is 25.7 Å². The fourth-order valence-electron chi connectivity index (χ4n) is 7.23. The highest BCUT2D eigenvalue weighted by Gasteiger charge is 2.58. The predicted molar refractivity (Wildman–Crippen MR) is 116 cm³/mol. The molecule has 1 amide bonds. The molecule has 0 aromatic heterocycles. The van der Waals surface area contributed by atoms with Crippen molar-refractivity contribution in [3.8, 4) is 0 Å². The summed E-state index contributed by atoms with van der Waals surface area (Å²) in [5.41, 5.74) is 5.77. The third-order valence-corrected chi connectivity index (χ3v) is 8.87. The molecule has 3 saturated carbocycles. The Kier molecular flexibility index (Phi) is 5.22. The van der Waals surface area contributed by atoms with E-state index < -0.39 is 0 Å². The lowest BCUT2D eigenvalue weighted by molar-refractivity contribution is -0.862. The number of carbonyl (C=O) groups excluding carboxylic acids is 1. The van der Waals surface area contributed by atoms with Crippen LogP contribution >= 0.6 is 0 Å². The van der Waals surface area contributed by atoms with Crippen LogP contribution in [0, 0.1) is 28.6 Å². The van der Waals surface area contributed by atoms with E-state index in [-0.39, 0.29) is 22.8 Å². The van der Waals surface area contributed by atoms with Gasteiger partial charge in [0.2, 0.25) is 0 Å². The number of allylic oxidation sites excluding steroid dienone is 2. The van der Waals surface area contributed by atoms with Crippen LogP contribution in [-0.4, -0.2) is 55.0 Å². The number of nitrogens with one attached hydrogen (secondary N) is 1. The van der Waals surface area contributed by atoms with Crippen LogP contribution in [0.5, 0.6) is 0 Å². The molecule has 0 spiro atoms. The van der Waals surface area contributed by atoms with Gasteiger partial charge in [0.1, 0.15) is 0 Å². The molecule has 0 unspecified atom stereocenters. The van der Waals surface area contributed by atoms with E-state index in [0.717, 1.165) is 43.2 Å². The number of likely N-dealkylation sites (N-methyl/N-ethyl adjacent to an activating group) is 1. The van der Waals surface area contributed by atoms with Crippen molar-refractivity contribution in [1.29, 1.82) is 0 Å². The van der Waals surface area contributed by atoms with Gasteiger partial charge in [-0.1, -0.05) is 19.4 Å². The van der Waals surface area contributed by atoms with E-state index >= 15 is 0 Å². The van der Waals surface area contributed by atoms with Crippen molar-refractivity contribution in [2.75, 3.05) is 27.7 Å². The number of rotatable bonds is 3. The summed E-state index contributed by atoms with van der Waals surface area (Å²) in [6, 6.07) is 0. The van der Waals surface area contributed by atoms with Gasteiger partial charge in [-0.3, -0.25) is 4.79 Å². The Morgan fingerprint density at radius 1 is 1.14 bits per heavy atom. The molecule has 162 valence electrons. The maximum Gasteiger partial charge on any atom is 0.295 e. The van der Waals surface area contributed by atoms with Crippen LogP contribution in [0.3, 0.4) is 0 Å². The van der Waals surface area contributed by atoms with E-state index in [1.807, 2.05) is 21.1 Å². The van der Waals surface area contributed by atoms with Crippen molar-refractivity contribution in [1.82, 2.24) is 5.43 Å². The van der Waals surface area contributed by atoms with Gasteiger partial charge in [-0.15, -0.1) is 0 Å². The Bertz CT molecular complexity index is 737. The lowest BCUT2D eigenvalue weighted by Gasteiger charge is -2.57. The molecular weight excluding hydrogens is 362 g/mol. The summed E-state index contributed by atoms with van der Waals surface area (Å²) < 4.78 is 0.605. The number of carbonyl (C=O) groups is 1. The molecule has 0 aliphatic heterocycles. The molecule has 4 aliphatic carbocycles. The number of hydrazone groups is 1. The fraction of sp³-hybridized carbons (Fsp3) is 0.833. The zero-order valence-electron chi connectivity index (χ0n) is 19.0. The minimum Gasteiger partial charge on any atom is -0.393 e. The van der Waals surface area contributed by atoms with Crippen molar-refractivity contribution in [3.63, 3.8) is 0 Å². The number of nitrogens with zero attached hydrogens (tertiary/aromatic N) is 2. The highest BCUT2D eigenvalue weighted by atomic mass is 16.3. The molecule has 0 radical (unpaired) electrons. The third kappa shape index (κ3) is 3.69. The smallest absolute Gasteiger partial charge is 0.295 e. The van der Waals surface area contributed by atoms with Gasteiger partial charge in [0.25, 0.3) is 5.91 Å². The Balaban J connectivity index is 1.49. The van der Waals surface area contributed by atoms with Gasteiger partial charge in [-0.2, -0.15) is 5.10 Å². The van der Waals surface area contributed by atoms with Crippen molar-refractivity contribution in [3.05, 3.63) is 11.6 Å². The second-order valence-electron chi connectivity index (χ2n) is 11.7. The van der Waals surface area contributed by atoms with Crippen LogP contribution in [-0.2, 0) is 4.79 Å². The van der Waals surface area contributed by atoms with Gasteiger partial charge in [0, 0.05) is 0 Å². The molecule has 0 heterocycles. The summed E-state index contributed by atoms with van der Waals surface area (Å²) in [7, 11) is 6.03. The topological polar surface area (TPSA) is 61.7 Å². The maximum absolute atomic E-state index is 12.1. The molecule has 0 aromatic carbocycles. The minimum atomic E-state index is -0.0985. The van der Waals surface area contributed by atoms with Crippen molar-refractivity contribution in [2.45, 2.75) is 71.3 Å². The molecule has 0 saturated heterocycles. The third-order valence-electron chi connectivity index (χ3n) is 8.87. The second kappa shape index (κ2) is 7.19. The van der Waals surface area contributed by atoms with E-state index in [2.05, 4.69) is 30.5 Å². The highest BCUT2D eigenvalue weighted by Crippen LogP contribution is 2.65. The molecule has 0 aromatic rings. The number of quaternary nitrogens is 1. The van der Waals surface area contributed by atoms with Gasteiger partial charge in [0.15, 0.2) is 6.54 Å². The van der Waals surface area contributed by atoms with E-state index in [4.69, 9.17) is 0 Å². The van der Waals surface area contributed by atoms with Crippen molar-refractivity contribution < 1.29 is 14.4 Å². The van der Waals surface area contributed by atoms with Crippen LogP contribution in [0.4, 0.5) is 0 Å². The lowest BCUT2D eigenvalue weighted by atomic mass is 9.47. The first-order chi connectivity index (χ1) is 13.5. The molecule has 5 heteroatoms. The lowest BCUT2D eigenvalue weighted by Crippen LogP contribution is -2.51. The first-order valence-electron chi connectivity index (χ1n) is 11.6. The number of hydrogen-bond acceptors (Lipinski definition) is 3. The summed E-state index contributed by atoms with van der Waals surface area (Å²) in [5.74, 6) is 2.17. The number of amides is 1. The normalized spacial score (nSPS) is 43.2. The maximum atomic E-state index is 12.1. The van der Waals surface area contributed by atoms with E-state index in [9.17, 15) is 9.90 Å². The Morgan fingerprint density at radius 2 is 1.90 bits per heavy atom. The average Bonchev–Trinajstić information content (AvgIpc) is 2.93. The molecule has 6 atom stereocenters. The second-order valence-corrected chi connectivity index (χ2v) is 11.7. The Labute approximate surface area is 176 Å². The number of aliphatic hydroxyl groups is 1. The van der Waals surface area contributed by atoms with Crippen LogP contribution < -0.4 is 5.43 Å². The number of aliphatic hydroxyl groups excluding tert-OH is 1. The zero-order chi connectivity index (χ0) is 21.0. The Hall–Kier alpha value is -1.20. The summed E-state index contributed by atoms with van der Waals surface area (Å²) in [4.78, 5) is 12.1. The molecule has 5 nitrogen and oxygen atoms in total. The zero-order valence-corrected chi connectivity index (χ0v) is 19.0. The van der Waals surface area contributed by atoms with Crippen molar-refractivity contribution >= 4 is 11.6 Å². The molecule has 2 N–H and O–H groups in total. The van der Waals surface area contributed by atoms with Gasteiger partial charge in [0.05, 0.1) is 33.0 Å². The largest absolute Gasteiger partial charge is 0.393 e. The van der Waals surface area contributed by atoms with Gasteiger partial charge >= 0.3 is 0 Å². The summed E-state index contributed by atoms with van der Waals surface area (Å²) >= 11 is 0. The summed E-state index contributed by atoms with van der Waals surface area (Å²) in [5, 5.41) is 15.1. The van der Waals surface area contributed by atoms with Gasteiger partial charge in [-0.05, 0) is 86.0 Å². The highest BCUT2D eigenvalue weighted by molar-refractivity contribution is 5.97. The monoisotopic (exact) mass is 402 g/mol. The minimum absolute atomic E-state index is 0.0215. The summed E-state index contributed by atoms with van der Waals surface area (Å²) in [6.45, 7) is 5.26. The quantitative estimate of drug-likeness (QED) is 0.561. The van der Waals surface area contributed by atoms with Crippen LogP contribution in [0.1, 0.15) is 65.2 Å². The fourth-order valence-corrected chi connectivity index (χ4v) is 7.23. The molecular formula is C24H40N3O2+. The molecule has 0 bridgehead atoms. The molecule has 4 aliphatic rings. The molecule has 3 fully saturated rings. The van der Waals surface area contributed by atoms with Gasteiger partial charge < -0.3 is 9.59 Å². The van der Waals surface area contributed by atoms with Gasteiger partial charge in [-0.25, -0.2) is 5.43 Å². The molecule has 4 rings (SSSR count). The van der Waals surface area contributed by atoms with Crippen molar-refractivity contribution in [2.24, 2.45) is 33.7 Å². The first kappa shape index (κ1) is 21.0. The first-order valence-corrected chi connectivity index (χ1v) is 11.6. The van der Waals surface area contributed by atoms with Crippen LogP contribution in [0.15, 0.2) is 16.8 Å². The standard InChI is InChI=1S/C24H39N3O2/c1-23-12-10-17(25-26-22(29)15-27(3,4)5)14-16(23)6-7-18-19-8-9-21(28)24(19,2)13-11-20(18)23/h14,18-21,28H,6-13,15H2,1-5H3/p+1/b25-17+/t18-,19-,20-,21-,23-,24-/m0/s1. The number of hydrogen-bond donors (Lipinski definition) is 2. The average molecular weight is 403 g/mol. The molecule has 29 heavy (non-hydrogen) atoms. The number of fused-ring (bicyclic) bond motifs is 5. The van der Waals surface area contributed by atoms with E-state index in [0.29, 0.717) is 16.9 Å². The predicted octanol–water partition coefficient (Wildman–Crippen LogP) is 3.49. The van der Waals surface area contributed by atoms with E-state index in [1.54, 1.807) is 5.57 Å². The SMILES string of the molecule is C[C@]12CC[C@H]3[C@@H](CCC4=C/C(=N/NC(=O)C[N+](C)(C)C)CC[C@@]43C)[C@@H]1CC[C@@H]2O. The Morgan fingerprint density at radius 3 is 2.62 bits per heavy atom. The summed E-state index contributed by atoms with van der Waals surface area (Å²) in [6.07, 6.45) is 11.3.